The van der Waals surface area contributed by atoms with Crippen LogP contribution in [0.2, 0.25) is 0 Å². The Labute approximate surface area is 82.1 Å². The first-order valence-corrected chi connectivity index (χ1v) is 5.03. The molecule has 2 rings (SSSR count). The van der Waals surface area contributed by atoms with Crippen molar-refractivity contribution in [2.75, 3.05) is 5.84 Å². The third kappa shape index (κ3) is 1.37. The summed E-state index contributed by atoms with van der Waals surface area (Å²) >= 11 is 4.97. The number of H-pyrrole nitrogens is 1. The fourth-order valence-corrected chi connectivity index (χ4v) is 2.25. The lowest BCUT2D eigenvalue weighted by Crippen LogP contribution is -2.17. The van der Waals surface area contributed by atoms with E-state index in [-0.39, 0.29) is 0 Å². The van der Waals surface area contributed by atoms with Crippen LogP contribution in [0.5, 0.6) is 0 Å². The van der Waals surface area contributed by atoms with Crippen molar-refractivity contribution in [3.63, 3.8) is 0 Å². The first-order valence-electron chi connectivity index (χ1n) is 4.62. The molecule has 3 N–H and O–H groups in total. The summed E-state index contributed by atoms with van der Waals surface area (Å²) in [7, 11) is 0. The van der Waals surface area contributed by atoms with E-state index in [0.717, 1.165) is 5.82 Å². The van der Waals surface area contributed by atoms with Crippen molar-refractivity contribution in [1.82, 2.24) is 14.9 Å². The number of nitrogens with one attached hydrogen (secondary N) is 1. The Balaban J connectivity index is 2.34. The van der Waals surface area contributed by atoms with Crippen LogP contribution in [0.25, 0.3) is 0 Å². The van der Waals surface area contributed by atoms with Crippen molar-refractivity contribution in [3.8, 4) is 0 Å². The highest BCUT2D eigenvalue weighted by Gasteiger charge is 2.28. The van der Waals surface area contributed by atoms with Gasteiger partial charge in [-0.25, -0.2) is 4.68 Å². The van der Waals surface area contributed by atoms with Crippen molar-refractivity contribution in [3.05, 3.63) is 10.6 Å². The quantitative estimate of drug-likeness (QED) is 0.532. The molecular weight excluding hydrogens is 184 g/mol. The number of hydrogen-bond donors (Lipinski definition) is 2. The molecule has 2 atom stereocenters. The summed E-state index contributed by atoms with van der Waals surface area (Å²) in [6.45, 7) is 2.25. The van der Waals surface area contributed by atoms with E-state index in [2.05, 4.69) is 17.1 Å². The monoisotopic (exact) mass is 198 g/mol. The number of nitrogens with two attached hydrogens (primary N) is 1. The molecule has 0 aliphatic heterocycles. The van der Waals surface area contributed by atoms with Crippen molar-refractivity contribution in [1.29, 1.82) is 0 Å². The molecule has 0 saturated heterocycles. The molecular formula is C8H14N4S. The Kier molecular flexibility index (Phi) is 2.11. The lowest BCUT2D eigenvalue weighted by Gasteiger charge is -2.12. The van der Waals surface area contributed by atoms with Gasteiger partial charge in [0.1, 0.15) is 0 Å². The molecule has 0 amide bonds. The molecule has 1 fully saturated rings. The third-order valence-electron chi connectivity index (χ3n) is 2.92. The van der Waals surface area contributed by atoms with Crippen molar-refractivity contribution in [2.24, 2.45) is 5.92 Å². The van der Waals surface area contributed by atoms with Gasteiger partial charge in [0.05, 0.1) is 0 Å². The molecule has 1 heterocycles. The maximum atomic E-state index is 5.76. The minimum Gasteiger partial charge on any atom is -0.335 e. The van der Waals surface area contributed by atoms with E-state index in [0.29, 0.717) is 16.6 Å². The molecule has 4 nitrogen and oxygen atoms in total. The van der Waals surface area contributed by atoms with E-state index < -0.39 is 0 Å². The van der Waals surface area contributed by atoms with Gasteiger partial charge in [-0.05, 0) is 31.0 Å². The van der Waals surface area contributed by atoms with Gasteiger partial charge in [-0.1, -0.05) is 13.3 Å². The van der Waals surface area contributed by atoms with E-state index >= 15 is 0 Å². The predicted octanol–water partition coefficient (Wildman–Crippen LogP) is 1.56. The number of hydrogen-bond acceptors (Lipinski definition) is 3. The molecule has 1 saturated carbocycles. The molecule has 0 aromatic carbocycles. The molecule has 1 aromatic rings. The standard InChI is InChI=1S/C8H14N4S/c1-5-3-2-4-6(5)7-10-11-8(13)12(7)9/h5-6H,2-4,9H2,1H3,(H,11,13). The second-order valence-corrected chi connectivity index (χ2v) is 4.16. The van der Waals surface area contributed by atoms with Crippen LogP contribution in [0.4, 0.5) is 0 Å². The highest BCUT2D eigenvalue weighted by atomic mass is 32.1. The third-order valence-corrected chi connectivity index (χ3v) is 3.21. The molecule has 2 unspecified atom stereocenters. The Bertz CT molecular complexity index is 353. The molecule has 1 aromatic heterocycles. The smallest absolute Gasteiger partial charge is 0.214 e. The molecule has 5 heteroatoms. The summed E-state index contributed by atoms with van der Waals surface area (Å²) < 4.78 is 2.01. The zero-order chi connectivity index (χ0) is 9.42. The number of nitrogens with zero attached hydrogens (tertiary/aromatic N) is 2. The second kappa shape index (κ2) is 3.14. The largest absolute Gasteiger partial charge is 0.335 e. The summed E-state index contributed by atoms with van der Waals surface area (Å²) in [6, 6.07) is 0. The van der Waals surface area contributed by atoms with E-state index in [9.17, 15) is 0 Å². The molecule has 1 aliphatic carbocycles. The number of nitrogen functional groups attached to an aromatic ring is 1. The van der Waals surface area contributed by atoms with Gasteiger partial charge in [-0.2, -0.15) is 5.10 Å². The summed E-state index contributed by atoms with van der Waals surface area (Å²) in [4.78, 5) is 0. The van der Waals surface area contributed by atoms with Crippen LogP contribution in [0, 0.1) is 10.7 Å². The minimum absolute atomic E-state index is 0.484. The summed E-state index contributed by atoms with van der Waals surface area (Å²) in [6.07, 6.45) is 3.72. The van der Waals surface area contributed by atoms with Crippen LogP contribution in [0.1, 0.15) is 37.9 Å². The Morgan fingerprint density at radius 3 is 2.85 bits per heavy atom. The normalized spacial score (nSPS) is 28.1. The van der Waals surface area contributed by atoms with Gasteiger partial charge in [0.2, 0.25) is 4.77 Å². The summed E-state index contributed by atoms with van der Waals surface area (Å²) in [5.41, 5.74) is 0. The fourth-order valence-electron chi connectivity index (χ4n) is 2.11. The zero-order valence-corrected chi connectivity index (χ0v) is 8.47. The zero-order valence-electron chi connectivity index (χ0n) is 7.66. The van der Waals surface area contributed by atoms with E-state index in [1.54, 1.807) is 0 Å². The molecule has 0 radical (unpaired) electrons. The Morgan fingerprint density at radius 2 is 2.38 bits per heavy atom. The van der Waals surface area contributed by atoms with E-state index in [1.807, 2.05) is 0 Å². The molecule has 13 heavy (non-hydrogen) atoms. The Hall–Kier alpha value is -0.840. The molecule has 1 aliphatic rings. The minimum atomic E-state index is 0.484. The highest BCUT2D eigenvalue weighted by Crippen LogP contribution is 2.37. The van der Waals surface area contributed by atoms with Crippen molar-refractivity contribution >= 4 is 12.2 Å². The van der Waals surface area contributed by atoms with Crippen LogP contribution in [0.15, 0.2) is 0 Å². The van der Waals surface area contributed by atoms with Crippen LogP contribution >= 0.6 is 12.2 Å². The van der Waals surface area contributed by atoms with E-state index in [4.69, 9.17) is 18.1 Å². The average molecular weight is 198 g/mol. The van der Waals surface area contributed by atoms with Crippen LogP contribution < -0.4 is 5.84 Å². The van der Waals surface area contributed by atoms with Gasteiger partial charge in [0.15, 0.2) is 5.82 Å². The van der Waals surface area contributed by atoms with Gasteiger partial charge < -0.3 is 5.84 Å². The van der Waals surface area contributed by atoms with Gasteiger partial charge in [-0.3, -0.25) is 5.10 Å². The van der Waals surface area contributed by atoms with Crippen LogP contribution in [-0.2, 0) is 0 Å². The lowest BCUT2D eigenvalue weighted by molar-refractivity contribution is 0.499. The van der Waals surface area contributed by atoms with Crippen molar-refractivity contribution in [2.45, 2.75) is 32.1 Å². The second-order valence-electron chi connectivity index (χ2n) is 3.77. The molecule has 72 valence electrons. The van der Waals surface area contributed by atoms with Gasteiger partial charge in [0.25, 0.3) is 0 Å². The number of rotatable bonds is 1. The summed E-state index contributed by atoms with van der Waals surface area (Å²) in [5, 5.41) is 6.89. The predicted molar refractivity (Wildman–Crippen MR) is 53.3 cm³/mol. The first kappa shape index (κ1) is 8.74. The van der Waals surface area contributed by atoms with Gasteiger partial charge >= 0.3 is 0 Å². The van der Waals surface area contributed by atoms with E-state index in [1.165, 1.54) is 23.9 Å². The summed E-state index contributed by atoms with van der Waals surface area (Å²) in [5.74, 6) is 7.83. The lowest BCUT2D eigenvalue weighted by atomic mass is 9.98. The first-order chi connectivity index (χ1) is 6.20. The van der Waals surface area contributed by atoms with Gasteiger partial charge in [-0.15, -0.1) is 0 Å². The van der Waals surface area contributed by atoms with Crippen molar-refractivity contribution < 1.29 is 0 Å². The average Bonchev–Trinajstić information content (AvgIpc) is 2.62. The highest BCUT2D eigenvalue weighted by molar-refractivity contribution is 7.71. The Morgan fingerprint density at radius 1 is 1.62 bits per heavy atom. The van der Waals surface area contributed by atoms with Crippen LogP contribution in [-0.4, -0.2) is 14.9 Å². The number of aromatic nitrogens is 3. The topological polar surface area (TPSA) is 59.6 Å². The molecule has 0 bridgehead atoms. The van der Waals surface area contributed by atoms with Crippen LogP contribution in [0.3, 0.4) is 0 Å². The SMILES string of the molecule is CC1CCCC1c1n[nH]c(=S)n1N. The maximum absolute atomic E-state index is 5.76. The maximum Gasteiger partial charge on any atom is 0.214 e. The number of aromatic amines is 1. The molecule has 0 spiro atoms. The fraction of sp³-hybridized carbons (Fsp3) is 0.750. The van der Waals surface area contributed by atoms with Gasteiger partial charge in [0, 0.05) is 5.92 Å².